The minimum atomic E-state index is -3.74. The van der Waals surface area contributed by atoms with E-state index in [9.17, 15) is 23.1 Å². The molecule has 30 heavy (non-hydrogen) atoms. The van der Waals surface area contributed by atoms with Gasteiger partial charge in [-0.25, -0.2) is 13.9 Å². The molecule has 1 aliphatic carbocycles. The predicted molar refractivity (Wildman–Crippen MR) is 110 cm³/mol. The second-order valence-corrected chi connectivity index (χ2v) is 10.3. The zero-order chi connectivity index (χ0) is 22.5. The summed E-state index contributed by atoms with van der Waals surface area (Å²) in [5, 5.41) is 20.5. The first-order valence-electron chi connectivity index (χ1n) is 9.19. The van der Waals surface area contributed by atoms with Crippen LogP contribution in [0.25, 0.3) is 0 Å². The Labute approximate surface area is 175 Å². The molecule has 0 bridgehead atoms. The van der Waals surface area contributed by atoms with Crippen molar-refractivity contribution in [1.29, 1.82) is 0 Å². The lowest BCUT2D eigenvalue weighted by Crippen LogP contribution is -2.60. The topological polar surface area (TPSA) is 133 Å². The molecule has 9 heteroatoms. The lowest BCUT2D eigenvalue weighted by atomic mass is 9.83. The van der Waals surface area contributed by atoms with Crippen LogP contribution in [0.1, 0.15) is 42.6 Å². The number of hydrogen-bond acceptors (Lipinski definition) is 6. The molecule has 1 aromatic rings. The molecule has 0 unspecified atom stereocenters. The molecule has 4 N–H and O–H groups in total. The number of aliphatic hydroxyl groups excluding tert-OH is 1. The molecule has 0 aromatic heterocycles. The molecule has 0 saturated heterocycles. The van der Waals surface area contributed by atoms with Crippen LogP contribution in [-0.4, -0.2) is 53.7 Å². The van der Waals surface area contributed by atoms with Gasteiger partial charge in [-0.1, -0.05) is 11.8 Å². The molecule has 1 aromatic carbocycles. The van der Waals surface area contributed by atoms with Gasteiger partial charge in [-0.05, 0) is 62.8 Å². The van der Waals surface area contributed by atoms with Gasteiger partial charge in [-0.3, -0.25) is 14.8 Å². The predicted octanol–water partition coefficient (Wildman–Crippen LogP) is 0.239. The Balaban J connectivity index is 2.10. The van der Waals surface area contributed by atoms with Crippen molar-refractivity contribution >= 4 is 21.7 Å². The van der Waals surface area contributed by atoms with Crippen LogP contribution in [-0.2, 0) is 14.6 Å². The first kappa shape index (κ1) is 23.4. The first-order chi connectivity index (χ1) is 14.0. The number of hydrogen-bond donors (Lipinski definition) is 4. The van der Waals surface area contributed by atoms with E-state index in [1.807, 2.05) is 0 Å². The molecule has 1 aliphatic rings. The van der Waals surface area contributed by atoms with Gasteiger partial charge >= 0.3 is 0 Å². The number of carbonyl (C=O) groups excluding carboxylic acids is 2. The minimum absolute atomic E-state index is 0.181. The third-order valence-corrected chi connectivity index (χ3v) is 7.25. The van der Waals surface area contributed by atoms with Crippen molar-refractivity contribution in [3.63, 3.8) is 0 Å². The SMILES string of the molecule is CC(C)([C@H](NC(=O)c1ccc(C#CC#CC2CC(O)C2)cc1)C(=O)NO)S(C)(=O)=O. The van der Waals surface area contributed by atoms with Crippen LogP contribution in [0, 0.1) is 29.6 Å². The van der Waals surface area contributed by atoms with Crippen molar-refractivity contribution in [1.82, 2.24) is 10.8 Å². The maximum absolute atomic E-state index is 12.5. The fraction of sp³-hybridized carbons (Fsp3) is 0.429. The zero-order valence-electron chi connectivity index (χ0n) is 16.9. The quantitative estimate of drug-likeness (QED) is 0.299. The van der Waals surface area contributed by atoms with E-state index >= 15 is 0 Å². The third kappa shape index (κ3) is 5.61. The minimum Gasteiger partial charge on any atom is -0.393 e. The highest BCUT2D eigenvalue weighted by atomic mass is 32.2. The van der Waals surface area contributed by atoms with E-state index in [0.717, 1.165) is 6.26 Å². The fourth-order valence-electron chi connectivity index (χ4n) is 2.70. The molecule has 160 valence electrons. The molecular formula is C21H24N2O6S. The maximum atomic E-state index is 12.5. The summed E-state index contributed by atoms with van der Waals surface area (Å²) >= 11 is 0. The van der Waals surface area contributed by atoms with Crippen LogP contribution in [0.4, 0.5) is 0 Å². The van der Waals surface area contributed by atoms with Crippen LogP contribution in [0.15, 0.2) is 24.3 Å². The van der Waals surface area contributed by atoms with Crippen LogP contribution in [0.2, 0.25) is 0 Å². The lowest BCUT2D eigenvalue weighted by molar-refractivity contribution is -0.131. The van der Waals surface area contributed by atoms with Crippen LogP contribution in [0.3, 0.4) is 0 Å². The molecule has 2 amide bonds. The number of amides is 2. The molecule has 0 heterocycles. The Kier molecular flexibility index (Phi) is 7.27. The Morgan fingerprint density at radius 3 is 2.27 bits per heavy atom. The molecule has 2 rings (SSSR count). The summed E-state index contributed by atoms with van der Waals surface area (Å²) in [6.45, 7) is 2.57. The van der Waals surface area contributed by atoms with E-state index in [0.29, 0.717) is 18.4 Å². The number of sulfone groups is 1. The normalized spacial score (nSPS) is 19.1. The van der Waals surface area contributed by atoms with E-state index in [4.69, 9.17) is 5.21 Å². The summed E-state index contributed by atoms with van der Waals surface area (Å²) in [6, 6.07) is 4.65. The summed E-state index contributed by atoms with van der Waals surface area (Å²) in [5.74, 6) is 9.72. The smallest absolute Gasteiger partial charge is 0.267 e. The molecule has 8 nitrogen and oxygen atoms in total. The van der Waals surface area contributed by atoms with E-state index in [1.165, 1.54) is 31.5 Å². The van der Waals surface area contributed by atoms with Gasteiger partial charge in [0.2, 0.25) is 0 Å². The number of carbonyl (C=O) groups is 2. The van der Waals surface area contributed by atoms with Crippen molar-refractivity contribution in [3.05, 3.63) is 35.4 Å². The van der Waals surface area contributed by atoms with E-state index in [2.05, 4.69) is 29.0 Å². The van der Waals surface area contributed by atoms with Crippen molar-refractivity contribution in [2.45, 2.75) is 43.6 Å². The average molecular weight is 432 g/mol. The highest BCUT2D eigenvalue weighted by molar-refractivity contribution is 7.92. The van der Waals surface area contributed by atoms with Crippen molar-refractivity contribution in [2.75, 3.05) is 6.26 Å². The Bertz CT molecular complexity index is 1030. The van der Waals surface area contributed by atoms with E-state index in [-0.39, 0.29) is 17.6 Å². The fourth-order valence-corrected chi connectivity index (χ4v) is 3.29. The summed E-state index contributed by atoms with van der Waals surface area (Å²) in [7, 11) is -3.74. The van der Waals surface area contributed by atoms with Gasteiger partial charge in [-0.15, -0.1) is 0 Å². The summed E-state index contributed by atoms with van der Waals surface area (Å²) in [4.78, 5) is 24.5. The second kappa shape index (κ2) is 9.31. The zero-order valence-corrected chi connectivity index (χ0v) is 17.7. The average Bonchev–Trinajstić information content (AvgIpc) is 2.66. The molecule has 1 fully saturated rings. The Morgan fingerprint density at radius 1 is 1.17 bits per heavy atom. The van der Waals surface area contributed by atoms with Crippen LogP contribution in [0.5, 0.6) is 0 Å². The second-order valence-electron chi connectivity index (χ2n) is 7.68. The number of benzene rings is 1. The maximum Gasteiger partial charge on any atom is 0.267 e. The number of aliphatic hydroxyl groups is 1. The highest BCUT2D eigenvalue weighted by Gasteiger charge is 2.44. The van der Waals surface area contributed by atoms with Gasteiger partial charge in [0.1, 0.15) is 6.04 Å². The Morgan fingerprint density at radius 2 is 1.77 bits per heavy atom. The highest BCUT2D eigenvalue weighted by Crippen LogP contribution is 2.25. The number of hydroxylamine groups is 1. The number of rotatable bonds is 5. The van der Waals surface area contributed by atoms with E-state index < -0.39 is 32.4 Å². The first-order valence-corrected chi connectivity index (χ1v) is 11.1. The molecule has 1 saturated carbocycles. The largest absolute Gasteiger partial charge is 0.393 e. The van der Waals surface area contributed by atoms with Crippen LogP contribution >= 0.6 is 0 Å². The van der Waals surface area contributed by atoms with Gasteiger partial charge < -0.3 is 10.4 Å². The number of nitrogens with one attached hydrogen (secondary N) is 2. The van der Waals surface area contributed by atoms with Crippen molar-refractivity contribution in [3.8, 4) is 23.7 Å². The molecule has 0 aliphatic heterocycles. The molecular weight excluding hydrogens is 408 g/mol. The molecule has 0 spiro atoms. The van der Waals surface area contributed by atoms with Gasteiger partial charge in [-0.2, -0.15) is 0 Å². The molecule has 0 radical (unpaired) electrons. The van der Waals surface area contributed by atoms with Gasteiger partial charge in [0.25, 0.3) is 11.8 Å². The molecule has 1 atom stereocenters. The monoisotopic (exact) mass is 432 g/mol. The van der Waals surface area contributed by atoms with Gasteiger partial charge in [0.05, 0.1) is 10.9 Å². The standard InChI is InChI=1S/C21H24N2O6S/c1-21(2,30(3,28)29)18(20(26)23-27)22-19(25)16-10-8-14(9-11-16)6-4-5-7-15-12-17(24)13-15/h8-11,15,17-18,24,27H,12-13H2,1-3H3,(H,22,25)(H,23,26)/t15?,17?,18-/m1/s1. The van der Waals surface area contributed by atoms with Crippen molar-refractivity contribution < 1.29 is 28.3 Å². The summed E-state index contributed by atoms with van der Waals surface area (Å²) < 4.78 is 22.4. The third-order valence-electron chi connectivity index (χ3n) is 5.10. The Hall–Kier alpha value is -2.85. The summed E-state index contributed by atoms with van der Waals surface area (Å²) in [5.41, 5.74) is 2.20. The van der Waals surface area contributed by atoms with Gasteiger partial charge in [0.15, 0.2) is 9.84 Å². The lowest BCUT2D eigenvalue weighted by Gasteiger charge is -2.31. The summed E-state index contributed by atoms with van der Waals surface area (Å²) in [6.07, 6.45) is 2.02. The van der Waals surface area contributed by atoms with E-state index in [1.54, 1.807) is 12.1 Å². The van der Waals surface area contributed by atoms with Crippen molar-refractivity contribution in [2.24, 2.45) is 5.92 Å². The van der Waals surface area contributed by atoms with Gasteiger partial charge in [0, 0.05) is 23.3 Å². The van der Waals surface area contributed by atoms with Crippen LogP contribution < -0.4 is 10.8 Å².